The van der Waals surface area contributed by atoms with Crippen molar-refractivity contribution in [2.75, 3.05) is 0 Å². The molecule has 2 nitrogen and oxygen atoms in total. The van der Waals surface area contributed by atoms with Crippen LogP contribution in [0.5, 0.6) is 0 Å². The molecule has 0 aliphatic heterocycles. The molecule has 1 aromatic heterocycles. The summed E-state index contributed by atoms with van der Waals surface area (Å²) in [5, 5.41) is 0. The van der Waals surface area contributed by atoms with Crippen LogP contribution in [0.15, 0.2) is 28.9 Å². The number of rotatable bonds is 3. The molecule has 1 heterocycles. The van der Waals surface area contributed by atoms with Gasteiger partial charge in [-0.3, -0.25) is 0 Å². The molecular weight excluding hydrogens is 248 g/mol. The third kappa shape index (κ3) is 2.91. The fourth-order valence-corrected chi connectivity index (χ4v) is 1.38. The van der Waals surface area contributed by atoms with Crippen molar-refractivity contribution in [2.45, 2.75) is 5.88 Å². The van der Waals surface area contributed by atoms with Gasteiger partial charge in [0.15, 0.2) is 0 Å². The van der Waals surface area contributed by atoms with Crippen LogP contribution in [-0.4, -0.2) is 4.98 Å². The number of benzene rings is 1. The number of aromatic nitrogens is 1. The Morgan fingerprint density at radius 3 is 2.76 bits per heavy atom. The van der Waals surface area contributed by atoms with Gasteiger partial charge in [0, 0.05) is 17.7 Å². The Hall–Kier alpha value is -1.68. The van der Waals surface area contributed by atoms with Crippen molar-refractivity contribution in [1.29, 1.82) is 0 Å². The average Bonchev–Trinajstić information content (AvgIpc) is 2.76. The van der Waals surface area contributed by atoms with Crippen LogP contribution in [0, 0.1) is 11.6 Å². The molecule has 0 aliphatic rings. The number of oxazole rings is 1. The molecule has 0 aliphatic carbocycles. The Labute approximate surface area is 102 Å². The highest BCUT2D eigenvalue weighted by Gasteiger charge is 2.02. The highest BCUT2D eigenvalue weighted by molar-refractivity contribution is 6.16. The predicted molar refractivity (Wildman–Crippen MR) is 61.3 cm³/mol. The normalized spacial score (nSPS) is 11.2. The van der Waals surface area contributed by atoms with Crippen molar-refractivity contribution >= 4 is 23.8 Å². The second-order valence-corrected chi connectivity index (χ2v) is 3.58. The lowest BCUT2D eigenvalue weighted by atomic mass is 10.2. The van der Waals surface area contributed by atoms with E-state index in [-0.39, 0.29) is 11.4 Å². The van der Waals surface area contributed by atoms with Crippen LogP contribution in [0.25, 0.3) is 12.2 Å². The van der Waals surface area contributed by atoms with E-state index in [2.05, 4.69) is 4.98 Å². The quantitative estimate of drug-likeness (QED) is 0.779. The molecule has 88 valence electrons. The Morgan fingerprint density at radius 1 is 1.29 bits per heavy atom. The Balaban J connectivity index is 2.19. The molecule has 0 spiro atoms. The van der Waals surface area contributed by atoms with E-state index in [0.29, 0.717) is 11.6 Å². The Kier molecular flexibility index (Phi) is 3.54. The Morgan fingerprint density at radius 2 is 2.12 bits per heavy atom. The first kappa shape index (κ1) is 11.8. The molecule has 0 saturated heterocycles. The first-order valence-electron chi connectivity index (χ1n) is 4.82. The molecule has 0 saturated carbocycles. The monoisotopic (exact) mass is 255 g/mol. The summed E-state index contributed by atoms with van der Waals surface area (Å²) in [7, 11) is 0. The zero-order chi connectivity index (χ0) is 12.3. The summed E-state index contributed by atoms with van der Waals surface area (Å²) in [6, 6.07) is 3.34. The summed E-state index contributed by atoms with van der Waals surface area (Å²) in [6.07, 6.45) is 4.37. The first-order valence-corrected chi connectivity index (χ1v) is 5.36. The van der Waals surface area contributed by atoms with Crippen molar-refractivity contribution in [3.63, 3.8) is 0 Å². The van der Waals surface area contributed by atoms with Gasteiger partial charge in [-0.1, -0.05) is 0 Å². The van der Waals surface area contributed by atoms with Crippen LogP contribution in [0.2, 0.25) is 0 Å². The second-order valence-electron chi connectivity index (χ2n) is 3.31. The van der Waals surface area contributed by atoms with E-state index in [0.717, 1.165) is 6.07 Å². The van der Waals surface area contributed by atoms with Crippen LogP contribution in [0.3, 0.4) is 0 Å². The van der Waals surface area contributed by atoms with Gasteiger partial charge in [0.1, 0.15) is 17.9 Å². The van der Waals surface area contributed by atoms with Crippen LogP contribution in [0.4, 0.5) is 8.78 Å². The third-order valence-electron chi connectivity index (χ3n) is 2.07. The molecular formula is C12H8ClF2NO. The van der Waals surface area contributed by atoms with Crippen molar-refractivity contribution in [3.8, 4) is 0 Å². The lowest BCUT2D eigenvalue weighted by Crippen LogP contribution is -1.83. The van der Waals surface area contributed by atoms with Gasteiger partial charge in [0.05, 0.1) is 11.6 Å². The maximum atomic E-state index is 13.3. The topological polar surface area (TPSA) is 26.0 Å². The van der Waals surface area contributed by atoms with Gasteiger partial charge in [0.25, 0.3) is 0 Å². The molecule has 1 aromatic carbocycles. The van der Waals surface area contributed by atoms with Crippen molar-refractivity contribution < 1.29 is 13.2 Å². The van der Waals surface area contributed by atoms with Crippen LogP contribution < -0.4 is 0 Å². The van der Waals surface area contributed by atoms with E-state index < -0.39 is 11.6 Å². The van der Waals surface area contributed by atoms with Crippen LogP contribution in [0.1, 0.15) is 17.1 Å². The van der Waals surface area contributed by atoms with E-state index in [1.165, 1.54) is 30.5 Å². The summed E-state index contributed by atoms with van der Waals surface area (Å²) < 4.78 is 31.0. The second kappa shape index (κ2) is 5.10. The SMILES string of the molecule is Fc1ccc(C=Cc2nc(CCl)co2)c(F)c1. The molecule has 0 bridgehead atoms. The smallest absolute Gasteiger partial charge is 0.218 e. The molecule has 0 N–H and O–H groups in total. The summed E-state index contributed by atoms with van der Waals surface area (Å²) >= 11 is 5.55. The fraction of sp³-hybridized carbons (Fsp3) is 0.0833. The first-order chi connectivity index (χ1) is 8.19. The van der Waals surface area contributed by atoms with Crippen molar-refractivity contribution in [2.24, 2.45) is 0 Å². The van der Waals surface area contributed by atoms with Crippen LogP contribution in [-0.2, 0) is 5.88 Å². The number of hydrogen-bond acceptors (Lipinski definition) is 2. The van der Waals surface area contributed by atoms with Gasteiger partial charge in [-0.05, 0) is 18.2 Å². The van der Waals surface area contributed by atoms with Gasteiger partial charge < -0.3 is 4.42 Å². The minimum absolute atomic E-state index is 0.252. The van der Waals surface area contributed by atoms with Gasteiger partial charge >= 0.3 is 0 Å². The minimum Gasteiger partial charge on any atom is -0.445 e. The highest BCUT2D eigenvalue weighted by atomic mass is 35.5. The molecule has 0 amide bonds. The van der Waals surface area contributed by atoms with E-state index in [4.69, 9.17) is 16.0 Å². The van der Waals surface area contributed by atoms with E-state index in [9.17, 15) is 8.78 Å². The van der Waals surface area contributed by atoms with Gasteiger partial charge in [-0.15, -0.1) is 11.6 Å². The van der Waals surface area contributed by atoms with Crippen molar-refractivity contribution in [3.05, 3.63) is 53.2 Å². The average molecular weight is 256 g/mol. The third-order valence-corrected chi connectivity index (χ3v) is 2.35. The summed E-state index contributed by atoms with van der Waals surface area (Å²) in [4.78, 5) is 4.01. The lowest BCUT2D eigenvalue weighted by Gasteiger charge is -1.95. The number of halogens is 3. The zero-order valence-corrected chi connectivity index (χ0v) is 9.42. The highest BCUT2D eigenvalue weighted by Crippen LogP contribution is 2.13. The largest absolute Gasteiger partial charge is 0.445 e. The van der Waals surface area contributed by atoms with Crippen LogP contribution >= 0.6 is 11.6 Å². The van der Waals surface area contributed by atoms with Crippen molar-refractivity contribution in [1.82, 2.24) is 4.98 Å². The molecule has 2 rings (SSSR count). The minimum atomic E-state index is -0.634. The fourth-order valence-electron chi connectivity index (χ4n) is 1.26. The molecule has 0 atom stereocenters. The predicted octanol–water partition coefficient (Wildman–Crippen LogP) is 3.86. The van der Waals surface area contributed by atoms with Gasteiger partial charge in [-0.2, -0.15) is 0 Å². The molecule has 0 radical (unpaired) electrons. The maximum absolute atomic E-state index is 13.3. The molecule has 2 aromatic rings. The molecule has 5 heteroatoms. The molecule has 0 fully saturated rings. The van der Waals surface area contributed by atoms with E-state index in [1.807, 2.05) is 0 Å². The van der Waals surface area contributed by atoms with Gasteiger partial charge in [-0.25, -0.2) is 13.8 Å². The number of hydrogen-bond donors (Lipinski definition) is 0. The standard InChI is InChI=1S/C12H8ClF2NO/c13-6-10-7-17-12(16-10)4-2-8-1-3-9(14)5-11(8)15/h1-5,7H,6H2. The summed E-state index contributed by atoms with van der Waals surface area (Å²) in [5.74, 6) is -0.669. The lowest BCUT2D eigenvalue weighted by molar-refractivity contribution is 0.546. The molecule has 0 unspecified atom stereocenters. The van der Waals surface area contributed by atoms with E-state index >= 15 is 0 Å². The molecule has 17 heavy (non-hydrogen) atoms. The number of alkyl halides is 1. The van der Waals surface area contributed by atoms with Gasteiger partial charge in [0.2, 0.25) is 5.89 Å². The number of nitrogens with zero attached hydrogens (tertiary/aromatic N) is 1. The Bertz CT molecular complexity index is 551. The van der Waals surface area contributed by atoms with E-state index in [1.54, 1.807) is 0 Å². The maximum Gasteiger partial charge on any atom is 0.218 e. The summed E-state index contributed by atoms with van der Waals surface area (Å²) in [5.41, 5.74) is 0.864. The zero-order valence-electron chi connectivity index (χ0n) is 8.66. The summed E-state index contributed by atoms with van der Waals surface area (Å²) in [6.45, 7) is 0.